The molecule has 3 fully saturated rings. The summed E-state index contributed by atoms with van der Waals surface area (Å²) < 4.78 is 29.7. The lowest BCUT2D eigenvalue weighted by atomic mass is 9.76. The van der Waals surface area contributed by atoms with Gasteiger partial charge in [0, 0.05) is 5.57 Å². The number of aliphatic hydroxyl groups excluding tert-OH is 3. The molecule has 16 heteroatoms. The maximum Gasteiger partial charge on any atom is 0.341 e. The summed E-state index contributed by atoms with van der Waals surface area (Å²) in [5, 5.41) is 77.6. The zero-order valence-corrected chi connectivity index (χ0v) is 30.1. The summed E-state index contributed by atoms with van der Waals surface area (Å²) in [7, 11) is 1.55. The number of carboxylic acids is 1. The number of quaternary nitrogens is 1. The Morgan fingerprint density at radius 2 is 1.77 bits per heavy atom. The molecular formula is C37H55N2O14+. The Kier molecular flexibility index (Phi) is 14.4. The van der Waals surface area contributed by atoms with Crippen LogP contribution in [0.4, 0.5) is 0 Å². The van der Waals surface area contributed by atoms with E-state index in [1.165, 1.54) is 24.4 Å². The number of carbonyl (C=O) groups excluding carboxylic acids is 1. The number of carbonyl (C=O) groups is 2. The van der Waals surface area contributed by atoms with Crippen molar-refractivity contribution in [3.63, 3.8) is 0 Å². The van der Waals surface area contributed by atoms with Crippen LogP contribution in [0.3, 0.4) is 0 Å². The van der Waals surface area contributed by atoms with Crippen molar-refractivity contribution < 1.29 is 73.9 Å². The predicted molar refractivity (Wildman–Crippen MR) is 185 cm³/mol. The minimum Gasteiger partial charge on any atom is -0.477 e. The van der Waals surface area contributed by atoms with Gasteiger partial charge in [-0.2, -0.15) is 0 Å². The van der Waals surface area contributed by atoms with E-state index in [4.69, 9.17) is 23.7 Å². The maximum absolute atomic E-state index is 14.0. The van der Waals surface area contributed by atoms with E-state index in [0.717, 1.165) is 50.4 Å². The fourth-order valence-electron chi connectivity index (χ4n) is 7.57. The van der Waals surface area contributed by atoms with E-state index in [2.05, 4.69) is 5.32 Å². The molecule has 5 rings (SSSR count). The molecule has 53 heavy (non-hydrogen) atoms. The SMILES string of the molecule is CNCO[C@H]1[C@H](O[C@@H]2OC=C(C(=O)OC3CCCCC3)[C@@](O)(/C=C/C3=CC(C(=O)O)=C[NH+](CCO)C3)[C@H]2C=C2CCCCC2)O[C@H](CO)[C@@H](O)C1(O)O. The molecule has 8 atom stereocenters. The summed E-state index contributed by atoms with van der Waals surface area (Å²) in [5.74, 6) is -6.11. The molecule has 296 valence electrons. The maximum atomic E-state index is 14.0. The molecule has 0 bridgehead atoms. The number of rotatable bonds is 14. The quantitative estimate of drug-likeness (QED) is 0.0589. The summed E-state index contributed by atoms with van der Waals surface area (Å²) in [6, 6.07) is 0. The van der Waals surface area contributed by atoms with Gasteiger partial charge in [0.1, 0.15) is 60.6 Å². The topological polar surface area (TPSA) is 238 Å². The van der Waals surface area contributed by atoms with Crippen LogP contribution in [-0.4, -0.2) is 136 Å². The van der Waals surface area contributed by atoms with Gasteiger partial charge in [0.15, 0.2) is 12.4 Å². The van der Waals surface area contributed by atoms with Crippen molar-refractivity contribution in [2.75, 3.05) is 40.1 Å². The summed E-state index contributed by atoms with van der Waals surface area (Å²) in [6.07, 6.45) is 8.34. The molecule has 0 aromatic heterocycles. The van der Waals surface area contributed by atoms with E-state index in [1.54, 1.807) is 13.1 Å². The van der Waals surface area contributed by atoms with Gasteiger partial charge in [-0.3, -0.25) is 5.32 Å². The molecule has 0 aromatic rings. The number of hydrogen-bond donors (Lipinski definition) is 9. The lowest BCUT2D eigenvalue weighted by Gasteiger charge is -2.48. The number of ether oxygens (including phenoxy) is 5. The van der Waals surface area contributed by atoms with E-state index < -0.39 is 66.7 Å². The van der Waals surface area contributed by atoms with Crippen molar-refractivity contribution in [1.29, 1.82) is 0 Å². The highest BCUT2D eigenvalue weighted by Crippen LogP contribution is 2.43. The molecule has 3 aliphatic heterocycles. The number of aliphatic hydroxyl groups is 6. The van der Waals surface area contributed by atoms with Crippen LogP contribution in [0, 0.1) is 5.92 Å². The minimum atomic E-state index is -2.95. The molecule has 0 spiro atoms. The van der Waals surface area contributed by atoms with E-state index >= 15 is 0 Å². The second kappa shape index (κ2) is 18.6. The Labute approximate surface area is 308 Å². The molecule has 0 radical (unpaired) electrons. The van der Waals surface area contributed by atoms with Gasteiger partial charge in [0.2, 0.25) is 12.1 Å². The first kappa shape index (κ1) is 41.2. The number of hydrogen-bond acceptors (Lipinski definition) is 14. The van der Waals surface area contributed by atoms with Gasteiger partial charge >= 0.3 is 11.9 Å². The first-order chi connectivity index (χ1) is 25.4. The third-order valence-electron chi connectivity index (χ3n) is 10.5. The van der Waals surface area contributed by atoms with Crippen molar-refractivity contribution in [3.8, 4) is 0 Å². The third kappa shape index (κ3) is 9.82. The van der Waals surface area contributed by atoms with E-state index in [0.29, 0.717) is 36.2 Å². The Hall–Kier alpha value is -3.00. The Morgan fingerprint density at radius 3 is 2.43 bits per heavy atom. The van der Waals surface area contributed by atoms with Crippen molar-refractivity contribution >= 4 is 11.9 Å². The van der Waals surface area contributed by atoms with Crippen molar-refractivity contribution in [1.82, 2.24) is 5.32 Å². The van der Waals surface area contributed by atoms with E-state index in [-0.39, 0.29) is 43.7 Å². The normalized spacial score (nSPS) is 33.8. The van der Waals surface area contributed by atoms with E-state index in [1.807, 2.05) is 0 Å². The summed E-state index contributed by atoms with van der Waals surface area (Å²) in [5.41, 5.74) is -0.961. The molecule has 3 heterocycles. The summed E-state index contributed by atoms with van der Waals surface area (Å²) in [4.78, 5) is 26.6. The highest BCUT2D eigenvalue weighted by Gasteiger charge is 2.58. The van der Waals surface area contributed by atoms with Crippen LogP contribution in [-0.2, 0) is 33.3 Å². The zero-order valence-electron chi connectivity index (χ0n) is 30.1. The van der Waals surface area contributed by atoms with Gasteiger partial charge in [0.25, 0.3) is 0 Å². The number of carboxylic acid groups (broad SMARTS) is 1. The number of allylic oxidation sites excluding steroid dienone is 1. The van der Waals surface area contributed by atoms with E-state index in [9.17, 15) is 45.3 Å². The predicted octanol–water partition coefficient (Wildman–Crippen LogP) is -0.980. The molecule has 0 amide bonds. The summed E-state index contributed by atoms with van der Waals surface area (Å²) >= 11 is 0. The van der Waals surface area contributed by atoms with Gasteiger partial charge < -0.3 is 64.3 Å². The van der Waals surface area contributed by atoms with Crippen LogP contribution < -0.4 is 10.2 Å². The fraction of sp³-hybridized carbons (Fsp3) is 0.676. The van der Waals surface area contributed by atoms with Crippen molar-refractivity contribution in [3.05, 3.63) is 59.1 Å². The molecule has 2 aliphatic carbocycles. The molecule has 0 aromatic carbocycles. The van der Waals surface area contributed by atoms with Crippen LogP contribution in [0.1, 0.15) is 64.2 Å². The monoisotopic (exact) mass is 751 g/mol. The molecule has 2 saturated carbocycles. The molecule has 16 nitrogen and oxygen atoms in total. The highest BCUT2D eigenvalue weighted by molar-refractivity contribution is 5.92. The lowest BCUT2D eigenvalue weighted by Crippen LogP contribution is -3.08. The zero-order chi connectivity index (χ0) is 38.2. The smallest absolute Gasteiger partial charge is 0.341 e. The molecule has 1 saturated heterocycles. The van der Waals surface area contributed by atoms with Gasteiger partial charge in [0.05, 0.1) is 25.9 Å². The Bertz CT molecular complexity index is 1430. The fourth-order valence-corrected chi connectivity index (χ4v) is 7.57. The van der Waals surface area contributed by atoms with Crippen molar-refractivity contribution in [2.24, 2.45) is 5.92 Å². The molecular weight excluding hydrogens is 696 g/mol. The van der Waals surface area contributed by atoms with Crippen LogP contribution >= 0.6 is 0 Å². The molecule has 1 unspecified atom stereocenters. The first-order valence-corrected chi connectivity index (χ1v) is 18.5. The second-order valence-corrected chi connectivity index (χ2v) is 14.4. The average molecular weight is 752 g/mol. The van der Waals surface area contributed by atoms with Crippen LogP contribution in [0.5, 0.6) is 0 Å². The van der Waals surface area contributed by atoms with Crippen LogP contribution in [0.2, 0.25) is 0 Å². The van der Waals surface area contributed by atoms with Gasteiger partial charge in [-0.1, -0.05) is 30.6 Å². The Morgan fingerprint density at radius 1 is 1.06 bits per heavy atom. The number of nitrogens with one attached hydrogen (secondary N) is 2. The van der Waals surface area contributed by atoms with Crippen molar-refractivity contribution in [2.45, 2.75) is 113 Å². The van der Waals surface area contributed by atoms with Gasteiger partial charge in [-0.25, -0.2) is 9.59 Å². The number of aliphatic carboxylic acids is 1. The molecule has 9 N–H and O–H groups in total. The number of esters is 1. The lowest BCUT2D eigenvalue weighted by molar-refractivity contribution is -0.842. The summed E-state index contributed by atoms with van der Waals surface area (Å²) in [6.45, 7) is -0.693. The van der Waals surface area contributed by atoms with Crippen LogP contribution in [0.25, 0.3) is 0 Å². The minimum absolute atomic E-state index is 0.00736. The van der Waals surface area contributed by atoms with Gasteiger partial charge in [-0.15, -0.1) is 0 Å². The third-order valence-corrected chi connectivity index (χ3v) is 10.5. The Balaban J connectivity index is 1.58. The highest BCUT2D eigenvalue weighted by atomic mass is 16.8. The first-order valence-electron chi connectivity index (χ1n) is 18.5. The van der Waals surface area contributed by atoms with Crippen LogP contribution in [0.15, 0.2) is 59.1 Å². The average Bonchev–Trinajstić information content (AvgIpc) is 3.14. The standard InChI is InChI=1S/C37H54N2O14/c1-38-22-50-31-35(52-29(20-41)30(42)37(31,47)48)53-34-27(17-23-8-4-2-5-9-23)36(46,28(21-49-34)33(45)51-26-10-6-3-7-11-26)13-12-24-16-25(32(43)44)19-39(18-24)14-15-40/h12-13,16-17,19,21,26-27,29-31,34-35,38,40-42,46-48H,2-11,14-15,18,20,22H2,1H3,(H,43,44)/p+1/b13-12+/t27-,29+,30+,31-,34-,35-,36+/m0/s1. The molecule has 5 aliphatic rings. The second-order valence-electron chi connectivity index (χ2n) is 14.4. The van der Waals surface area contributed by atoms with Gasteiger partial charge in [-0.05, 0) is 70.6 Å². The largest absolute Gasteiger partial charge is 0.477 e.